The molecular formula is C41H31N3S. The van der Waals surface area contributed by atoms with E-state index in [0.717, 1.165) is 54.3 Å². The second-order valence-electron chi connectivity index (χ2n) is 12.2. The minimum Gasteiger partial charge on any atom is -0.256 e. The number of rotatable bonds is 5. The quantitative estimate of drug-likeness (QED) is 0.143. The lowest BCUT2D eigenvalue weighted by Gasteiger charge is -2.20. The number of hydrogen-bond acceptors (Lipinski definition) is 3. The van der Waals surface area contributed by atoms with E-state index in [1.54, 1.807) is 11.3 Å². The Morgan fingerprint density at radius 3 is 2.27 bits per heavy atom. The first-order chi connectivity index (χ1) is 21.9. The number of thiazole rings is 1. The predicted molar refractivity (Wildman–Crippen MR) is 192 cm³/mol. The second kappa shape index (κ2) is 11.6. The van der Waals surface area contributed by atoms with Gasteiger partial charge in [0.05, 0.1) is 22.5 Å². The van der Waals surface area contributed by atoms with Gasteiger partial charge in [-0.05, 0) is 68.8 Å². The van der Waals surface area contributed by atoms with Crippen LogP contribution in [-0.4, -0.2) is 11.2 Å². The van der Waals surface area contributed by atoms with Crippen LogP contribution in [0.15, 0.2) is 132 Å². The Bertz CT molecular complexity index is 2260. The Kier molecular flexibility index (Phi) is 7.33. The highest BCUT2D eigenvalue weighted by Crippen LogP contribution is 2.42. The van der Waals surface area contributed by atoms with Crippen molar-refractivity contribution in [2.45, 2.75) is 26.2 Å². The molecule has 0 fully saturated rings. The molecular weight excluding hydrogens is 567 g/mol. The van der Waals surface area contributed by atoms with Crippen molar-refractivity contribution in [2.24, 2.45) is 4.99 Å². The zero-order valence-electron chi connectivity index (χ0n) is 25.5. The third-order valence-corrected chi connectivity index (χ3v) is 9.20. The summed E-state index contributed by atoms with van der Waals surface area (Å²) in [6.45, 7) is 14.1. The van der Waals surface area contributed by atoms with Crippen molar-refractivity contribution < 1.29 is 0 Å². The molecule has 3 nitrogen and oxygen atoms in total. The van der Waals surface area contributed by atoms with Gasteiger partial charge in [0, 0.05) is 22.9 Å². The molecule has 0 N–H and O–H groups in total. The Hall–Kier alpha value is -5.37. The summed E-state index contributed by atoms with van der Waals surface area (Å²) in [4.78, 5) is 13.8. The van der Waals surface area contributed by atoms with E-state index < -0.39 is 0 Å². The van der Waals surface area contributed by atoms with Gasteiger partial charge >= 0.3 is 0 Å². The standard InChI is InChI=1S/C41H31N3S/c1-41(2,3)32-24-36(30-14-10-13-29(23-30)27-19-21-33(42-4)22-20-27)39-38(25-32)45-40(44-39)35-17-7-8-18-37(35)43-26-31-15-9-12-28-11-5-6-16-34(28)31/h5-26H,1-3H3. The summed E-state index contributed by atoms with van der Waals surface area (Å²) in [5, 5.41) is 3.34. The number of benzene rings is 6. The van der Waals surface area contributed by atoms with Crippen molar-refractivity contribution in [1.29, 1.82) is 0 Å². The summed E-state index contributed by atoms with van der Waals surface area (Å²) in [6, 6.07) is 44.0. The normalized spacial score (nSPS) is 11.8. The molecule has 6 aromatic carbocycles. The van der Waals surface area contributed by atoms with Crippen molar-refractivity contribution in [3.8, 4) is 32.8 Å². The molecule has 0 aliphatic carbocycles. The Morgan fingerprint density at radius 1 is 0.711 bits per heavy atom. The summed E-state index contributed by atoms with van der Waals surface area (Å²) in [7, 11) is 0. The van der Waals surface area contributed by atoms with E-state index in [-0.39, 0.29) is 5.41 Å². The molecule has 0 atom stereocenters. The fraction of sp³-hybridized carbons (Fsp3) is 0.0976. The molecule has 4 heteroatoms. The highest BCUT2D eigenvalue weighted by Gasteiger charge is 2.20. The number of aliphatic imine (C=N–C) groups is 1. The van der Waals surface area contributed by atoms with Crippen LogP contribution in [0, 0.1) is 6.57 Å². The molecule has 0 spiro atoms. The van der Waals surface area contributed by atoms with Crippen LogP contribution >= 0.6 is 11.3 Å². The molecule has 0 bridgehead atoms. The smallest absolute Gasteiger partial charge is 0.187 e. The third kappa shape index (κ3) is 5.67. The van der Waals surface area contributed by atoms with Gasteiger partial charge in [0.15, 0.2) is 5.69 Å². The van der Waals surface area contributed by atoms with Crippen LogP contribution in [0.5, 0.6) is 0 Å². The summed E-state index contributed by atoms with van der Waals surface area (Å²) < 4.78 is 1.16. The minimum atomic E-state index is -0.0268. The number of aromatic nitrogens is 1. The van der Waals surface area contributed by atoms with E-state index in [1.165, 1.54) is 16.3 Å². The minimum absolute atomic E-state index is 0.0268. The van der Waals surface area contributed by atoms with E-state index in [1.807, 2.05) is 36.5 Å². The Balaban J connectivity index is 1.34. The average molecular weight is 598 g/mol. The molecule has 0 saturated carbocycles. The van der Waals surface area contributed by atoms with Gasteiger partial charge in [-0.15, -0.1) is 11.3 Å². The maximum absolute atomic E-state index is 7.29. The molecule has 0 unspecified atom stereocenters. The first kappa shape index (κ1) is 28.4. The fourth-order valence-corrected chi connectivity index (χ4v) is 6.73. The molecule has 7 aromatic rings. The van der Waals surface area contributed by atoms with Crippen molar-refractivity contribution in [3.05, 3.63) is 150 Å². The van der Waals surface area contributed by atoms with E-state index in [2.05, 4.69) is 123 Å². The number of para-hydroxylation sites is 1. The number of nitrogens with zero attached hydrogens (tertiary/aromatic N) is 3. The molecule has 0 amide bonds. The Morgan fingerprint density at radius 2 is 1.44 bits per heavy atom. The van der Waals surface area contributed by atoms with Crippen LogP contribution in [0.4, 0.5) is 11.4 Å². The van der Waals surface area contributed by atoms with E-state index in [4.69, 9.17) is 16.5 Å². The third-order valence-electron chi connectivity index (χ3n) is 8.16. The van der Waals surface area contributed by atoms with Crippen molar-refractivity contribution in [2.75, 3.05) is 0 Å². The molecule has 216 valence electrons. The van der Waals surface area contributed by atoms with Gasteiger partial charge in [0.25, 0.3) is 0 Å². The highest BCUT2D eigenvalue weighted by molar-refractivity contribution is 7.21. The predicted octanol–water partition coefficient (Wildman–Crippen LogP) is 12.0. The van der Waals surface area contributed by atoms with Crippen LogP contribution in [0.1, 0.15) is 31.9 Å². The second-order valence-corrected chi connectivity index (χ2v) is 13.3. The lowest BCUT2D eigenvalue weighted by atomic mass is 9.85. The SMILES string of the molecule is [C-]#[N+]c1ccc(-c2cccc(-c3cc(C(C)(C)C)cc4sc(-c5ccccc5N=Cc5cccc6ccccc56)nc34)c2)cc1. The summed E-state index contributed by atoms with van der Waals surface area (Å²) in [6.07, 6.45) is 1.97. The lowest BCUT2D eigenvalue weighted by Crippen LogP contribution is -2.11. The Labute approximate surface area is 268 Å². The molecule has 0 aliphatic rings. The maximum atomic E-state index is 7.29. The fourth-order valence-electron chi connectivity index (χ4n) is 5.66. The summed E-state index contributed by atoms with van der Waals surface area (Å²) >= 11 is 1.72. The highest BCUT2D eigenvalue weighted by atomic mass is 32.1. The first-order valence-corrected chi connectivity index (χ1v) is 15.8. The monoisotopic (exact) mass is 597 g/mol. The number of hydrogen-bond donors (Lipinski definition) is 0. The first-order valence-electron chi connectivity index (χ1n) is 15.0. The van der Waals surface area contributed by atoms with Crippen LogP contribution < -0.4 is 0 Å². The van der Waals surface area contributed by atoms with Crippen LogP contribution in [0.25, 0.3) is 58.7 Å². The molecule has 0 radical (unpaired) electrons. The summed E-state index contributed by atoms with van der Waals surface area (Å²) in [5.41, 5.74) is 10.3. The molecule has 0 aliphatic heterocycles. The van der Waals surface area contributed by atoms with Crippen LogP contribution in [-0.2, 0) is 5.41 Å². The van der Waals surface area contributed by atoms with Gasteiger partial charge < -0.3 is 0 Å². The van der Waals surface area contributed by atoms with Gasteiger partial charge in [0.2, 0.25) is 0 Å². The van der Waals surface area contributed by atoms with Crippen molar-refractivity contribution >= 4 is 49.9 Å². The number of fused-ring (bicyclic) bond motifs is 2. The zero-order valence-corrected chi connectivity index (χ0v) is 26.3. The van der Waals surface area contributed by atoms with E-state index in [9.17, 15) is 0 Å². The van der Waals surface area contributed by atoms with Gasteiger partial charge in [0.1, 0.15) is 5.01 Å². The molecule has 0 saturated heterocycles. The van der Waals surface area contributed by atoms with Gasteiger partial charge in [-0.25, -0.2) is 9.83 Å². The van der Waals surface area contributed by atoms with Gasteiger partial charge in [-0.3, -0.25) is 4.99 Å². The molecule has 7 rings (SSSR count). The lowest BCUT2D eigenvalue weighted by molar-refractivity contribution is 0.591. The zero-order chi connectivity index (χ0) is 31.0. The van der Waals surface area contributed by atoms with Crippen LogP contribution in [0.2, 0.25) is 0 Å². The largest absolute Gasteiger partial charge is 0.256 e. The molecule has 45 heavy (non-hydrogen) atoms. The van der Waals surface area contributed by atoms with Gasteiger partial charge in [-0.1, -0.05) is 118 Å². The van der Waals surface area contributed by atoms with Gasteiger partial charge in [-0.2, -0.15) is 0 Å². The molecule has 1 heterocycles. The summed E-state index contributed by atoms with van der Waals surface area (Å²) in [5.74, 6) is 0. The maximum Gasteiger partial charge on any atom is 0.187 e. The molecule has 1 aromatic heterocycles. The van der Waals surface area contributed by atoms with Crippen molar-refractivity contribution in [3.63, 3.8) is 0 Å². The van der Waals surface area contributed by atoms with Crippen LogP contribution in [0.3, 0.4) is 0 Å². The average Bonchev–Trinajstić information content (AvgIpc) is 3.51. The van der Waals surface area contributed by atoms with Crippen molar-refractivity contribution in [1.82, 2.24) is 4.98 Å². The topological polar surface area (TPSA) is 29.6 Å². The van der Waals surface area contributed by atoms with E-state index >= 15 is 0 Å². The van der Waals surface area contributed by atoms with E-state index in [0.29, 0.717) is 5.69 Å².